The summed E-state index contributed by atoms with van der Waals surface area (Å²) in [5.41, 5.74) is 1.34. The Morgan fingerprint density at radius 3 is 1.98 bits per heavy atom. The number of hydrogen-bond donors (Lipinski definition) is 0. The number of piperazine rings is 1. The molecule has 3 aromatic rings. The van der Waals surface area contributed by atoms with Crippen LogP contribution < -0.4 is 14.4 Å². The number of imide groups is 1. The first kappa shape index (κ1) is 32.2. The Kier molecular flexibility index (Phi) is 11.9. The van der Waals surface area contributed by atoms with E-state index >= 15 is 0 Å². The molecule has 0 N–H and O–H groups in total. The molecule has 8 nitrogen and oxygen atoms in total. The maximum Gasteiger partial charge on any atom is 0.298 e. The van der Waals surface area contributed by atoms with Gasteiger partial charge in [0.25, 0.3) is 11.1 Å². The summed E-state index contributed by atoms with van der Waals surface area (Å²) >= 11 is 4.35. The second-order valence-electron chi connectivity index (χ2n) is 10.7. The number of ether oxygens (including phenoxy) is 3. The van der Waals surface area contributed by atoms with Crippen molar-refractivity contribution in [2.75, 3.05) is 64.5 Å². The highest BCUT2D eigenvalue weighted by molar-refractivity contribution is 9.10. The van der Waals surface area contributed by atoms with Crippen molar-refractivity contribution in [1.82, 2.24) is 9.80 Å². The minimum atomic E-state index is -0.334. The van der Waals surface area contributed by atoms with Crippen LogP contribution in [0, 0.1) is 0 Å². The van der Waals surface area contributed by atoms with Gasteiger partial charge in [-0.15, -0.1) is 0 Å². The van der Waals surface area contributed by atoms with E-state index in [4.69, 9.17) is 14.2 Å². The van der Waals surface area contributed by atoms with E-state index in [9.17, 15) is 9.59 Å². The summed E-state index contributed by atoms with van der Waals surface area (Å²) in [5, 5.41) is -0.319. The van der Waals surface area contributed by atoms with Gasteiger partial charge in [-0.2, -0.15) is 0 Å². The minimum Gasteiger partial charge on any atom is -0.494 e. The lowest BCUT2D eigenvalue weighted by molar-refractivity contribution is -0.113. The molecule has 0 bridgehead atoms. The number of carbonyl (C=O) groups excluding carboxylic acids is 2. The molecule has 2 saturated heterocycles. The van der Waals surface area contributed by atoms with Crippen molar-refractivity contribution in [1.29, 1.82) is 0 Å². The quantitative estimate of drug-likeness (QED) is 0.130. The van der Waals surface area contributed by atoms with Crippen molar-refractivity contribution in [2.45, 2.75) is 19.3 Å². The molecule has 0 radical (unpaired) electrons. The number of methoxy groups -OCH3 is 1. The van der Waals surface area contributed by atoms with Gasteiger partial charge in [-0.1, -0.05) is 28.1 Å². The molecule has 232 valence electrons. The van der Waals surface area contributed by atoms with E-state index in [0.29, 0.717) is 22.9 Å². The second-order valence-corrected chi connectivity index (χ2v) is 12.6. The predicted octanol–water partition coefficient (Wildman–Crippen LogP) is 7.30. The lowest BCUT2D eigenvalue weighted by Gasteiger charge is -2.34. The monoisotopic (exact) mass is 679 g/mol. The summed E-state index contributed by atoms with van der Waals surface area (Å²) in [6.45, 7) is 8.15. The van der Waals surface area contributed by atoms with Crippen molar-refractivity contribution in [3.63, 3.8) is 0 Å². The van der Waals surface area contributed by atoms with Crippen LogP contribution in [0.2, 0.25) is 0 Å². The van der Waals surface area contributed by atoms with Crippen LogP contribution >= 0.6 is 27.7 Å². The topological polar surface area (TPSA) is 71.6 Å². The Morgan fingerprint density at radius 2 is 1.34 bits per heavy atom. The highest BCUT2D eigenvalue weighted by atomic mass is 79.9. The third-order valence-corrected chi connectivity index (χ3v) is 8.94. The van der Waals surface area contributed by atoms with Gasteiger partial charge in [-0.05, 0) is 110 Å². The fourth-order valence-corrected chi connectivity index (χ4v) is 6.21. The molecule has 2 aliphatic heterocycles. The number of halogens is 1. The summed E-state index contributed by atoms with van der Waals surface area (Å²) in [6.07, 6.45) is 4.89. The zero-order valence-electron chi connectivity index (χ0n) is 25.0. The molecular formula is C34H38BrN3O5S. The van der Waals surface area contributed by atoms with Gasteiger partial charge in [-0.25, -0.2) is 4.90 Å². The fraction of sp³-hybridized carbons (Fsp3) is 0.353. The van der Waals surface area contributed by atoms with Gasteiger partial charge >= 0.3 is 0 Å². The Morgan fingerprint density at radius 1 is 0.750 bits per heavy atom. The molecule has 5 rings (SSSR count). The number of anilines is 1. The van der Waals surface area contributed by atoms with E-state index in [1.807, 2.05) is 60.7 Å². The number of unbranched alkanes of at least 4 members (excludes halogenated alkanes) is 1. The largest absolute Gasteiger partial charge is 0.494 e. The van der Waals surface area contributed by atoms with Crippen molar-refractivity contribution in [3.8, 4) is 17.2 Å². The molecule has 44 heavy (non-hydrogen) atoms. The molecule has 2 heterocycles. The average molecular weight is 681 g/mol. The zero-order valence-corrected chi connectivity index (χ0v) is 27.4. The molecule has 0 spiro atoms. The van der Waals surface area contributed by atoms with Gasteiger partial charge in [0.05, 0.1) is 17.2 Å². The van der Waals surface area contributed by atoms with Crippen LogP contribution in [0.1, 0.15) is 24.8 Å². The van der Waals surface area contributed by atoms with Gasteiger partial charge < -0.3 is 24.0 Å². The molecule has 0 aromatic heterocycles. The summed E-state index contributed by atoms with van der Waals surface area (Å²) in [6, 6.07) is 22.1. The third kappa shape index (κ3) is 9.18. The standard InChI is InChI=1S/C34H38BrN3O5S/c1-41-23-4-18-37-21-19-36(20-22-37)17-2-3-24-42-29-15-9-28(10-16-29)38-33(39)32(44-34(38)40)25-26-5-11-30(12-6-26)43-31-13-7-27(35)8-14-31/h5-16,25H,2-4,17-24H2,1H3/b32-25-. The van der Waals surface area contributed by atoms with Crippen molar-refractivity contribution < 1.29 is 23.8 Å². The summed E-state index contributed by atoms with van der Waals surface area (Å²) in [4.78, 5) is 32.5. The van der Waals surface area contributed by atoms with Gasteiger partial charge in [0.2, 0.25) is 0 Å². The molecule has 2 amide bonds. The minimum absolute atomic E-state index is 0.319. The first-order chi connectivity index (χ1) is 21.5. The maximum absolute atomic E-state index is 13.1. The van der Waals surface area contributed by atoms with E-state index in [1.54, 1.807) is 25.3 Å². The van der Waals surface area contributed by atoms with E-state index in [-0.39, 0.29) is 11.1 Å². The highest BCUT2D eigenvalue weighted by Crippen LogP contribution is 2.36. The van der Waals surface area contributed by atoms with Crippen LogP contribution in [0.4, 0.5) is 10.5 Å². The predicted molar refractivity (Wildman–Crippen MR) is 180 cm³/mol. The lowest BCUT2D eigenvalue weighted by Crippen LogP contribution is -2.46. The number of rotatable bonds is 14. The third-order valence-electron chi connectivity index (χ3n) is 7.54. The normalized spacial score (nSPS) is 17.0. The number of nitrogens with zero attached hydrogens (tertiary/aromatic N) is 3. The number of hydrogen-bond acceptors (Lipinski definition) is 8. The molecule has 2 fully saturated rings. The van der Waals surface area contributed by atoms with E-state index in [1.165, 1.54) is 4.90 Å². The van der Waals surface area contributed by atoms with Crippen LogP contribution in [-0.4, -0.2) is 80.5 Å². The van der Waals surface area contributed by atoms with Crippen LogP contribution in [0.3, 0.4) is 0 Å². The first-order valence-electron chi connectivity index (χ1n) is 15.0. The van der Waals surface area contributed by atoms with E-state index in [0.717, 1.165) is 98.4 Å². The number of thioether (sulfide) groups is 1. The Labute approximate surface area is 272 Å². The molecule has 0 unspecified atom stereocenters. The van der Waals surface area contributed by atoms with Crippen LogP contribution in [-0.2, 0) is 9.53 Å². The fourth-order valence-electron chi connectivity index (χ4n) is 5.10. The number of amides is 2. The smallest absolute Gasteiger partial charge is 0.298 e. The zero-order chi connectivity index (χ0) is 30.7. The molecule has 0 saturated carbocycles. The van der Waals surface area contributed by atoms with Gasteiger partial charge in [0.1, 0.15) is 17.2 Å². The Balaban J connectivity index is 1.05. The Hall–Kier alpha value is -3.15. The summed E-state index contributed by atoms with van der Waals surface area (Å²) in [7, 11) is 1.76. The van der Waals surface area contributed by atoms with E-state index in [2.05, 4.69) is 25.7 Å². The number of benzene rings is 3. The maximum atomic E-state index is 13.1. The molecule has 3 aromatic carbocycles. The van der Waals surface area contributed by atoms with Crippen molar-refractivity contribution in [2.24, 2.45) is 0 Å². The molecular weight excluding hydrogens is 642 g/mol. The van der Waals surface area contributed by atoms with Crippen LogP contribution in [0.25, 0.3) is 6.08 Å². The molecule has 0 atom stereocenters. The van der Waals surface area contributed by atoms with Gasteiger partial charge in [0, 0.05) is 50.9 Å². The first-order valence-corrected chi connectivity index (χ1v) is 16.6. The van der Waals surface area contributed by atoms with Crippen LogP contribution in [0.15, 0.2) is 82.2 Å². The Bertz CT molecular complexity index is 1410. The lowest BCUT2D eigenvalue weighted by atomic mass is 10.2. The van der Waals surface area contributed by atoms with Crippen molar-refractivity contribution in [3.05, 3.63) is 87.7 Å². The average Bonchev–Trinajstić information content (AvgIpc) is 3.32. The van der Waals surface area contributed by atoms with E-state index < -0.39 is 0 Å². The van der Waals surface area contributed by atoms with Crippen molar-refractivity contribution >= 4 is 50.6 Å². The molecule has 10 heteroatoms. The number of carbonyl (C=O) groups is 2. The molecule has 0 aliphatic carbocycles. The summed E-state index contributed by atoms with van der Waals surface area (Å²) in [5.74, 6) is 1.81. The second kappa shape index (κ2) is 16.2. The van der Waals surface area contributed by atoms with Gasteiger partial charge in [0.15, 0.2) is 0 Å². The van der Waals surface area contributed by atoms with Crippen LogP contribution in [0.5, 0.6) is 17.2 Å². The summed E-state index contributed by atoms with van der Waals surface area (Å²) < 4.78 is 17.9. The highest BCUT2D eigenvalue weighted by Gasteiger charge is 2.36. The molecule has 2 aliphatic rings. The van der Waals surface area contributed by atoms with Gasteiger partial charge in [-0.3, -0.25) is 9.59 Å². The SMILES string of the molecule is COCCCN1CCN(CCCCOc2ccc(N3C(=O)S/C(=C\c4ccc(Oc5ccc(Br)cc5)cc4)C3=O)cc2)CC1.